The summed E-state index contributed by atoms with van der Waals surface area (Å²) in [5.41, 5.74) is 0.313. The Bertz CT molecular complexity index is 420. The van der Waals surface area contributed by atoms with Crippen LogP contribution in [0.25, 0.3) is 0 Å². The van der Waals surface area contributed by atoms with Gasteiger partial charge in [0.2, 0.25) is 0 Å². The molecule has 0 bridgehead atoms. The second-order valence-electron chi connectivity index (χ2n) is 3.83. The fraction of sp³-hybridized carbons (Fsp3) is 0.417. The topological polar surface area (TPSA) is 20.3 Å². The average molecular weight is 280 g/mol. The number of alkyl halides is 3. The normalized spacial score (nSPS) is 11.4. The van der Waals surface area contributed by atoms with Crippen LogP contribution in [0.5, 0.6) is 0 Å². The zero-order valence-electron chi connectivity index (χ0n) is 9.80. The van der Waals surface area contributed by atoms with Gasteiger partial charge in [-0.25, -0.2) is 0 Å². The first-order valence-corrected chi connectivity index (χ1v) is 5.82. The Hall–Kier alpha value is -1.23. The number of rotatable bonds is 5. The third-order valence-corrected chi connectivity index (χ3v) is 2.63. The molecule has 0 unspecified atom stereocenters. The number of para-hydroxylation sites is 1. The van der Waals surface area contributed by atoms with Gasteiger partial charge in [-0.3, -0.25) is 4.79 Å². The molecule has 0 aliphatic rings. The number of hydrogen-bond acceptors (Lipinski definition) is 2. The molecule has 1 aromatic rings. The van der Waals surface area contributed by atoms with Gasteiger partial charge in [0, 0.05) is 12.1 Å². The minimum Gasteiger partial charge on any atom is -0.361 e. The molecule has 0 amide bonds. The summed E-state index contributed by atoms with van der Waals surface area (Å²) in [5, 5.41) is 0.150. The first-order valence-electron chi connectivity index (χ1n) is 5.44. The Balaban J connectivity index is 3.16. The predicted molar refractivity (Wildman–Crippen MR) is 65.4 cm³/mol. The molecule has 0 aliphatic heterocycles. The zero-order chi connectivity index (χ0) is 13.8. The highest BCUT2D eigenvalue weighted by Crippen LogP contribution is 2.31. The van der Waals surface area contributed by atoms with Crippen molar-refractivity contribution in [3.8, 4) is 0 Å². The van der Waals surface area contributed by atoms with Gasteiger partial charge in [0.15, 0.2) is 6.29 Å². The van der Waals surface area contributed by atoms with E-state index in [0.29, 0.717) is 12.7 Å². The first kappa shape index (κ1) is 14.8. The Morgan fingerprint density at radius 1 is 1.39 bits per heavy atom. The second kappa shape index (κ2) is 6.09. The summed E-state index contributed by atoms with van der Waals surface area (Å²) < 4.78 is 37.5. The molecule has 1 aromatic carbocycles. The average Bonchev–Trinajstić information content (AvgIpc) is 2.26. The molecule has 0 aliphatic carbocycles. The van der Waals surface area contributed by atoms with Gasteiger partial charge in [0.1, 0.15) is 6.54 Å². The van der Waals surface area contributed by atoms with Crippen LogP contribution in [0.3, 0.4) is 0 Å². The number of aldehydes is 1. The largest absolute Gasteiger partial charge is 0.405 e. The van der Waals surface area contributed by atoms with Crippen molar-refractivity contribution < 1.29 is 18.0 Å². The van der Waals surface area contributed by atoms with Gasteiger partial charge in [-0.2, -0.15) is 13.2 Å². The molecule has 0 aromatic heterocycles. The van der Waals surface area contributed by atoms with Crippen LogP contribution in [0, 0.1) is 0 Å². The predicted octanol–water partition coefficient (Wildman–Crippen LogP) is 3.93. The van der Waals surface area contributed by atoms with Gasteiger partial charge in [0.05, 0.1) is 10.7 Å². The summed E-state index contributed by atoms with van der Waals surface area (Å²) in [7, 11) is 0. The van der Waals surface area contributed by atoms with E-state index in [-0.39, 0.29) is 22.8 Å². The second-order valence-corrected chi connectivity index (χ2v) is 4.24. The lowest BCUT2D eigenvalue weighted by atomic mass is 10.1. The van der Waals surface area contributed by atoms with E-state index in [1.54, 1.807) is 6.92 Å². The lowest BCUT2D eigenvalue weighted by molar-refractivity contribution is -0.119. The highest BCUT2D eigenvalue weighted by atomic mass is 35.5. The molecule has 0 heterocycles. The molecular formula is C12H13ClF3NO. The third kappa shape index (κ3) is 3.91. The number of nitrogens with zero attached hydrogens (tertiary/aromatic N) is 1. The summed E-state index contributed by atoms with van der Waals surface area (Å²) in [6.45, 7) is 0.830. The highest BCUT2D eigenvalue weighted by molar-refractivity contribution is 6.33. The molecular weight excluding hydrogens is 267 g/mol. The first-order chi connectivity index (χ1) is 8.39. The van der Waals surface area contributed by atoms with Crippen molar-refractivity contribution in [1.29, 1.82) is 0 Å². The van der Waals surface area contributed by atoms with E-state index in [2.05, 4.69) is 0 Å². The van der Waals surface area contributed by atoms with E-state index in [9.17, 15) is 18.0 Å². The maximum atomic E-state index is 12.5. The van der Waals surface area contributed by atoms with Crippen LogP contribution in [0.2, 0.25) is 5.02 Å². The van der Waals surface area contributed by atoms with E-state index in [1.165, 1.54) is 18.2 Å². The SMILES string of the molecule is CCCN(CC(F)(F)F)c1c(Cl)cccc1C=O. The fourth-order valence-corrected chi connectivity index (χ4v) is 2.02. The van der Waals surface area contributed by atoms with E-state index >= 15 is 0 Å². The van der Waals surface area contributed by atoms with Crippen LogP contribution in [-0.4, -0.2) is 25.6 Å². The van der Waals surface area contributed by atoms with Gasteiger partial charge in [-0.15, -0.1) is 0 Å². The minimum absolute atomic E-state index is 0.147. The van der Waals surface area contributed by atoms with Gasteiger partial charge >= 0.3 is 6.18 Å². The van der Waals surface area contributed by atoms with Crippen LogP contribution < -0.4 is 4.90 Å². The number of carbonyl (C=O) groups is 1. The van der Waals surface area contributed by atoms with Crippen LogP contribution >= 0.6 is 11.6 Å². The van der Waals surface area contributed by atoms with Crippen LogP contribution in [0.15, 0.2) is 18.2 Å². The van der Waals surface area contributed by atoms with Crippen LogP contribution in [-0.2, 0) is 0 Å². The van der Waals surface area contributed by atoms with Gasteiger partial charge in [0.25, 0.3) is 0 Å². The van der Waals surface area contributed by atoms with E-state index in [4.69, 9.17) is 11.6 Å². The van der Waals surface area contributed by atoms with Crippen molar-refractivity contribution in [3.05, 3.63) is 28.8 Å². The molecule has 0 fully saturated rings. The summed E-state index contributed by atoms with van der Waals surface area (Å²) in [6.07, 6.45) is -3.30. The van der Waals surface area contributed by atoms with Crippen molar-refractivity contribution in [1.82, 2.24) is 0 Å². The molecule has 0 saturated carbocycles. The van der Waals surface area contributed by atoms with E-state index in [1.807, 2.05) is 0 Å². The summed E-state index contributed by atoms with van der Waals surface area (Å²) in [6, 6.07) is 4.46. The van der Waals surface area contributed by atoms with Crippen molar-refractivity contribution in [2.24, 2.45) is 0 Å². The Labute approximate surface area is 108 Å². The van der Waals surface area contributed by atoms with E-state index in [0.717, 1.165) is 4.90 Å². The molecule has 1 rings (SSSR count). The van der Waals surface area contributed by atoms with Gasteiger partial charge in [-0.1, -0.05) is 24.6 Å². The van der Waals surface area contributed by atoms with Gasteiger partial charge in [-0.05, 0) is 18.6 Å². The number of anilines is 1. The van der Waals surface area contributed by atoms with Crippen molar-refractivity contribution >= 4 is 23.6 Å². The number of hydrogen-bond donors (Lipinski definition) is 0. The van der Waals surface area contributed by atoms with Crippen LogP contribution in [0.1, 0.15) is 23.7 Å². The summed E-state index contributed by atoms with van der Waals surface area (Å²) in [4.78, 5) is 12.0. The smallest absolute Gasteiger partial charge is 0.361 e. The molecule has 0 atom stereocenters. The lowest BCUT2D eigenvalue weighted by Crippen LogP contribution is -2.35. The fourth-order valence-electron chi connectivity index (χ4n) is 1.72. The molecule has 2 nitrogen and oxygen atoms in total. The summed E-state index contributed by atoms with van der Waals surface area (Å²) in [5.74, 6) is 0. The number of halogens is 4. The molecule has 0 saturated heterocycles. The molecule has 18 heavy (non-hydrogen) atoms. The number of carbonyl (C=O) groups excluding carboxylic acids is 1. The molecule has 100 valence electrons. The monoisotopic (exact) mass is 279 g/mol. The van der Waals surface area contributed by atoms with Crippen molar-refractivity contribution in [2.75, 3.05) is 18.0 Å². The highest BCUT2D eigenvalue weighted by Gasteiger charge is 2.32. The Morgan fingerprint density at radius 3 is 2.56 bits per heavy atom. The molecule has 0 radical (unpaired) electrons. The van der Waals surface area contributed by atoms with Crippen molar-refractivity contribution in [2.45, 2.75) is 19.5 Å². The Morgan fingerprint density at radius 2 is 2.06 bits per heavy atom. The minimum atomic E-state index is -4.34. The maximum Gasteiger partial charge on any atom is 0.405 e. The van der Waals surface area contributed by atoms with Crippen molar-refractivity contribution in [3.63, 3.8) is 0 Å². The quantitative estimate of drug-likeness (QED) is 0.761. The molecule has 0 N–H and O–H groups in total. The lowest BCUT2D eigenvalue weighted by Gasteiger charge is -2.27. The molecule has 0 spiro atoms. The number of benzene rings is 1. The van der Waals surface area contributed by atoms with Crippen LogP contribution in [0.4, 0.5) is 18.9 Å². The van der Waals surface area contributed by atoms with E-state index < -0.39 is 12.7 Å². The zero-order valence-corrected chi connectivity index (χ0v) is 10.6. The standard InChI is InChI=1S/C12H13ClF3NO/c1-2-6-17(8-12(14,15)16)11-9(7-18)4-3-5-10(11)13/h3-5,7H,2,6,8H2,1H3. The summed E-state index contributed by atoms with van der Waals surface area (Å²) >= 11 is 5.90. The maximum absolute atomic E-state index is 12.5. The van der Waals surface area contributed by atoms with Gasteiger partial charge < -0.3 is 4.90 Å². The molecule has 6 heteroatoms. The Kier molecular flexibility index (Phi) is 5.02. The third-order valence-electron chi connectivity index (χ3n) is 2.32.